The highest BCUT2D eigenvalue weighted by Crippen LogP contribution is 2.33. The zero-order valence-corrected chi connectivity index (χ0v) is 19.2. The van der Waals surface area contributed by atoms with Gasteiger partial charge in [0.25, 0.3) is 0 Å². The van der Waals surface area contributed by atoms with Crippen molar-refractivity contribution in [3.05, 3.63) is 48.3 Å². The Kier molecular flexibility index (Phi) is 7.28. The van der Waals surface area contributed by atoms with Gasteiger partial charge in [0.1, 0.15) is 11.6 Å². The van der Waals surface area contributed by atoms with E-state index in [0.717, 1.165) is 58.8 Å². The van der Waals surface area contributed by atoms with Crippen LogP contribution >= 0.6 is 11.3 Å². The molecule has 4 heterocycles. The molecule has 32 heavy (non-hydrogen) atoms. The van der Waals surface area contributed by atoms with Crippen molar-refractivity contribution < 1.29 is 9.53 Å². The van der Waals surface area contributed by atoms with Gasteiger partial charge in [0.05, 0.1) is 17.2 Å². The van der Waals surface area contributed by atoms with Gasteiger partial charge >= 0.3 is 0 Å². The van der Waals surface area contributed by atoms with Gasteiger partial charge < -0.3 is 20.3 Å². The van der Waals surface area contributed by atoms with Gasteiger partial charge in [-0.05, 0) is 49.6 Å². The first-order chi connectivity index (χ1) is 15.6. The number of nitrogens with zero attached hydrogens (tertiary/aromatic N) is 4. The third kappa shape index (κ3) is 5.60. The van der Waals surface area contributed by atoms with Gasteiger partial charge in [0.15, 0.2) is 5.13 Å². The molecule has 1 aliphatic heterocycles. The zero-order valence-electron chi connectivity index (χ0n) is 18.4. The third-order valence-electron chi connectivity index (χ3n) is 5.41. The summed E-state index contributed by atoms with van der Waals surface area (Å²) in [5.74, 6) is 1.70. The lowest BCUT2D eigenvalue weighted by Gasteiger charge is -2.31. The fraction of sp³-hybridized carbons (Fsp3) is 0.391. The Balaban J connectivity index is 1.37. The van der Waals surface area contributed by atoms with E-state index in [9.17, 15) is 4.79 Å². The van der Waals surface area contributed by atoms with Crippen LogP contribution in [0.4, 0.5) is 16.8 Å². The van der Waals surface area contributed by atoms with Gasteiger partial charge in [0.2, 0.25) is 5.91 Å². The maximum Gasteiger partial charge on any atom is 0.223 e. The number of rotatable bonds is 8. The molecule has 8 nitrogen and oxygen atoms in total. The highest BCUT2D eigenvalue weighted by molar-refractivity contribution is 7.18. The molecular formula is C23H28N6O2S. The lowest BCUT2D eigenvalue weighted by atomic mass is 9.96. The SMILES string of the molecule is COCCNC(=O)C1CCN(c2ncc(-c3cccc(Nc4cc(C)ccn4)n3)s2)CC1. The van der Waals surface area contributed by atoms with Crippen molar-refractivity contribution >= 4 is 34.0 Å². The number of amides is 1. The highest BCUT2D eigenvalue weighted by Gasteiger charge is 2.26. The molecule has 1 saturated heterocycles. The molecular weight excluding hydrogens is 424 g/mol. The molecule has 9 heteroatoms. The molecule has 1 aliphatic rings. The smallest absolute Gasteiger partial charge is 0.223 e. The summed E-state index contributed by atoms with van der Waals surface area (Å²) in [5.41, 5.74) is 2.01. The van der Waals surface area contributed by atoms with E-state index in [1.165, 1.54) is 0 Å². The number of thiazole rings is 1. The summed E-state index contributed by atoms with van der Waals surface area (Å²) in [7, 11) is 1.64. The molecule has 0 bridgehead atoms. The monoisotopic (exact) mass is 452 g/mol. The number of aromatic nitrogens is 3. The van der Waals surface area contributed by atoms with Crippen LogP contribution in [0.25, 0.3) is 10.6 Å². The second kappa shape index (κ2) is 10.5. The van der Waals surface area contributed by atoms with Gasteiger partial charge in [0, 0.05) is 45.1 Å². The Morgan fingerprint density at radius 3 is 2.84 bits per heavy atom. The summed E-state index contributed by atoms with van der Waals surface area (Å²) in [6.45, 7) is 4.78. The van der Waals surface area contributed by atoms with Crippen LogP contribution in [-0.2, 0) is 9.53 Å². The number of hydrogen-bond donors (Lipinski definition) is 2. The number of ether oxygens (including phenoxy) is 1. The fourth-order valence-corrected chi connectivity index (χ4v) is 4.60. The molecule has 168 valence electrons. The summed E-state index contributed by atoms with van der Waals surface area (Å²) in [6.07, 6.45) is 5.31. The molecule has 1 fully saturated rings. The third-order valence-corrected chi connectivity index (χ3v) is 6.49. The topological polar surface area (TPSA) is 92.3 Å². The van der Waals surface area contributed by atoms with Crippen molar-refractivity contribution in [2.24, 2.45) is 5.92 Å². The predicted octanol–water partition coefficient (Wildman–Crippen LogP) is 3.63. The van der Waals surface area contributed by atoms with E-state index in [4.69, 9.17) is 9.72 Å². The molecule has 0 atom stereocenters. The average Bonchev–Trinajstić information content (AvgIpc) is 3.30. The van der Waals surface area contributed by atoms with Crippen LogP contribution in [0.3, 0.4) is 0 Å². The van der Waals surface area contributed by atoms with Gasteiger partial charge in [-0.25, -0.2) is 15.0 Å². The van der Waals surface area contributed by atoms with E-state index in [-0.39, 0.29) is 11.8 Å². The number of aryl methyl sites for hydroxylation is 1. The molecule has 0 aromatic carbocycles. The van der Waals surface area contributed by atoms with Crippen LogP contribution in [0.2, 0.25) is 0 Å². The van der Waals surface area contributed by atoms with Crippen LogP contribution in [0.1, 0.15) is 18.4 Å². The number of pyridine rings is 2. The van der Waals surface area contributed by atoms with E-state index in [0.29, 0.717) is 13.2 Å². The van der Waals surface area contributed by atoms with Crippen LogP contribution in [0.15, 0.2) is 42.7 Å². The normalized spacial score (nSPS) is 14.4. The summed E-state index contributed by atoms with van der Waals surface area (Å²) in [4.78, 5) is 29.2. The fourth-order valence-electron chi connectivity index (χ4n) is 3.66. The Bertz CT molecular complexity index is 1050. The van der Waals surface area contributed by atoms with Crippen molar-refractivity contribution in [3.8, 4) is 10.6 Å². The van der Waals surface area contributed by atoms with E-state index in [1.54, 1.807) is 24.6 Å². The van der Waals surface area contributed by atoms with E-state index >= 15 is 0 Å². The standard InChI is InChI=1S/C23H28N6O2S/c1-16-6-9-24-21(14-16)28-20-5-3-4-18(27-20)19-15-26-23(32-19)29-11-7-17(8-12-29)22(30)25-10-13-31-2/h3-6,9,14-15,17H,7-8,10-13H2,1-2H3,(H,25,30)(H,24,27,28). The van der Waals surface area contributed by atoms with Crippen molar-refractivity contribution in [2.45, 2.75) is 19.8 Å². The maximum absolute atomic E-state index is 12.3. The minimum Gasteiger partial charge on any atom is -0.383 e. The summed E-state index contributed by atoms with van der Waals surface area (Å²) in [6, 6.07) is 9.85. The van der Waals surface area contributed by atoms with E-state index < -0.39 is 0 Å². The highest BCUT2D eigenvalue weighted by atomic mass is 32.1. The van der Waals surface area contributed by atoms with Crippen LogP contribution in [0.5, 0.6) is 0 Å². The number of anilines is 3. The Hall–Kier alpha value is -3.04. The lowest BCUT2D eigenvalue weighted by Crippen LogP contribution is -2.41. The average molecular weight is 453 g/mol. The molecule has 2 N–H and O–H groups in total. The van der Waals surface area contributed by atoms with Crippen LogP contribution in [-0.4, -0.2) is 54.2 Å². The minimum atomic E-state index is 0.0576. The molecule has 3 aromatic heterocycles. The van der Waals surface area contributed by atoms with Crippen molar-refractivity contribution in [3.63, 3.8) is 0 Å². The Morgan fingerprint density at radius 1 is 1.22 bits per heavy atom. The molecule has 1 amide bonds. The second-order valence-corrected chi connectivity index (χ2v) is 8.81. The largest absolute Gasteiger partial charge is 0.383 e. The van der Waals surface area contributed by atoms with Crippen LogP contribution < -0.4 is 15.5 Å². The molecule has 0 radical (unpaired) electrons. The number of carbonyl (C=O) groups excluding carboxylic acids is 1. The van der Waals surface area contributed by atoms with Gasteiger partial charge in [-0.3, -0.25) is 4.79 Å². The molecule has 0 unspecified atom stereocenters. The molecule has 0 spiro atoms. The number of nitrogens with one attached hydrogen (secondary N) is 2. The minimum absolute atomic E-state index is 0.0576. The number of hydrogen-bond acceptors (Lipinski definition) is 8. The maximum atomic E-state index is 12.3. The Morgan fingerprint density at radius 2 is 2.06 bits per heavy atom. The van der Waals surface area contributed by atoms with Gasteiger partial charge in [-0.2, -0.15) is 0 Å². The lowest BCUT2D eigenvalue weighted by molar-refractivity contribution is -0.125. The first-order valence-electron chi connectivity index (χ1n) is 10.8. The molecule has 0 aliphatic carbocycles. The molecule has 4 rings (SSSR count). The van der Waals surface area contributed by atoms with E-state index in [1.807, 2.05) is 43.5 Å². The molecule has 0 saturated carbocycles. The first kappa shape index (κ1) is 22.2. The summed E-state index contributed by atoms with van der Waals surface area (Å²) >= 11 is 1.63. The van der Waals surface area contributed by atoms with Gasteiger partial charge in [-0.1, -0.05) is 17.4 Å². The van der Waals surface area contributed by atoms with Gasteiger partial charge in [-0.15, -0.1) is 0 Å². The second-order valence-electron chi connectivity index (χ2n) is 7.80. The van der Waals surface area contributed by atoms with Crippen LogP contribution in [0, 0.1) is 12.8 Å². The Labute approximate surface area is 192 Å². The van der Waals surface area contributed by atoms with Crippen molar-refractivity contribution in [2.75, 3.05) is 43.6 Å². The van der Waals surface area contributed by atoms with Crippen molar-refractivity contribution in [1.82, 2.24) is 20.3 Å². The summed E-state index contributed by atoms with van der Waals surface area (Å²) < 4.78 is 4.99. The number of piperidine rings is 1. The van der Waals surface area contributed by atoms with Crippen molar-refractivity contribution in [1.29, 1.82) is 0 Å². The predicted molar refractivity (Wildman–Crippen MR) is 127 cm³/mol. The number of carbonyl (C=O) groups is 1. The number of methoxy groups -OCH3 is 1. The molecule has 3 aromatic rings. The van der Waals surface area contributed by atoms with E-state index in [2.05, 4.69) is 25.5 Å². The first-order valence-corrected chi connectivity index (χ1v) is 11.6. The zero-order chi connectivity index (χ0) is 22.3. The quantitative estimate of drug-likeness (QED) is 0.504. The summed E-state index contributed by atoms with van der Waals surface area (Å²) in [5, 5.41) is 7.18.